The lowest BCUT2D eigenvalue weighted by Crippen LogP contribution is -2.31. The Kier molecular flexibility index (Phi) is 7.42. The summed E-state index contributed by atoms with van der Waals surface area (Å²) >= 11 is 5.86. The minimum absolute atomic E-state index is 0.200. The molecule has 4 aromatic rings. The van der Waals surface area contributed by atoms with Gasteiger partial charge in [-0.1, -0.05) is 42.5 Å². The molecule has 0 fully saturated rings. The van der Waals surface area contributed by atoms with Crippen LogP contribution >= 0.6 is 12.2 Å². The van der Waals surface area contributed by atoms with Gasteiger partial charge in [-0.3, -0.25) is 0 Å². The molecule has 200 valence electrons. The van der Waals surface area contributed by atoms with E-state index in [4.69, 9.17) is 36.3 Å². The SMILES string of the molecule is COc1ccc(C2CC(c3ccc4ccccc4c3O)=NN2C(=S)Nc2cc(OC)c(OC)c(OC)c2)cc1. The van der Waals surface area contributed by atoms with Crippen LogP contribution in [0.2, 0.25) is 0 Å². The van der Waals surface area contributed by atoms with Gasteiger partial charge in [0, 0.05) is 35.2 Å². The zero-order valence-corrected chi connectivity index (χ0v) is 22.9. The third-order valence-corrected chi connectivity index (χ3v) is 7.04. The number of ether oxygens (including phenoxy) is 4. The maximum absolute atomic E-state index is 11.2. The van der Waals surface area contributed by atoms with Crippen LogP contribution in [0.4, 0.5) is 5.69 Å². The second-order valence-electron chi connectivity index (χ2n) is 8.91. The van der Waals surface area contributed by atoms with Crippen molar-refractivity contribution in [2.45, 2.75) is 12.5 Å². The molecule has 1 heterocycles. The predicted molar refractivity (Wildman–Crippen MR) is 157 cm³/mol. The molecule has 0 saturated heterocycles. The Hall–Kier alpha value is -4.50. The van der Waals surface area contributed by atoms with Crippen LogP contribution in [-0.2, 0) is 0 Å². The number of fused-ring (bicyclic) bond motifs is 1. The molecule has 0 aliphatic carbocycles. The van der Waals surface area contributed by atoms with E-state index in [0.717, 1.165) is 27.8 Å². The molecule has 0 saturated carbocycles. The standard InChI is InChI=1S/C30H29N3O5S/c1-35-21-12-9-19(10-13-21)25-17-24(23-14-11-18-7-5-6-8-22(18)28(23)34)32-33(25)30(39)31-20-15-26(36-2)29(38-4)27(16-20)37-3/h5-16,25,34H,17H2,1-4H3,(H,31,39). The number of hydrogen-bond acceptors (Lipinski definition) is 7. The summed E-state index contributed by atoms with van der Waals surface area (Å²) in [7, 11) is 6.32. The zero-order chi connectivity index (χ0) is 27.5. The normalized spacial score (nSPS) is 14.6. The number of hydrogen-bond donors (Lipinski definition) is 2. The first-order chi connectivity index (χ1) is 19.0. The highest BCUT2D eigenvalue weighted by atomic mass is 32.1. The molecule has 9 heteroatoms. The molecule has 39 heavy (non-hydrogen) atoms. The Morgan fingerprint density at radius 1 is 0.897 bits per heavy atom. The fourth-order valence-corrected chi connectivity index (χ4v) is 5.05. The van der Waals surface area contributed by atoms with Crippen molar-refractivity contribution in [3.8, 4) is 28.7 Å². The van der Waals surface area contributed by atoms with Gasteiger partial charge in [0.1, 0.15) is 11.5 Å². The van der Waals surface area contributed by atoms with Crippen LogP contribution in [0.1, 0.15) is 23.6 Å². The van der Waals surface area contributed by atoms with E-state index in [1.54, 1.807) is 45.6 Å². The van der Waals surface area contributed by atoms with E-state index in [1.165, 1.54) is 0 Å². The van der Waals surface area contributed by atoms with Crippen molar-refractivity contribution in [3.63, 3.8) is 0 Å². The number of methoxy groups -OCH3 is 4. The van der Waals surface area contributed by atoms with Crippen LogP contribution in [0.3, 0.4) is 0 Å². The minimum Gasteiger partial charge on any atom is -0.507 e. The molecular formula is C30H29N3O5S. The Labute approximate surface area is 232 Å². The van der Waals surface area contributed by atoms with Gasteiger partial charge in [0.15, 0.2) is 16.6 Å². The van der Waals surface area contributed by atoms with E-state index >= 15 is 0 Å². The molecule has 1 aliphatic rings. The molecule has 0 aromatic heterocycles. The van der Waals surface area contributed by atoms with Crippen molar-refractivity contribution in [2.24, 2.45) is 5.10 Å². The lowest BCUT2D eigenvalue weighted by Gasteiger charge is -2.25. The predicted octanol–water partition coefficient (Wildman–Crippen LogP) is 6.13. The Morgan fingerprint density at radius 2 is 1.59 bits per heavy atom. The third kappa shape index (κ3) is 5.00. The number of aromatic hydroxyl groups is 1. The van der Waals surface area contributed by atoms with Gasteiger partial charge >= 0.3 is 0 Å². The Bertz CT molecular complexity index is 1530. The van der Waals surface area contributed by atoms with Gasteiger partial charge in [-0.05, 0) is 41.4 Å². The quantitative estimate of drug-likeness (QED) is 0.270. The fraction of sp³-hybridized carbons (Fsp3) is 0.200. The summed E-state index contributed by atoms with van der Waals surface area (Å²) in [5, 5.41) is 23.2. The van der Waals surface area contributed by atoms with Crippen LogP contribution in [0.25, 0.3) is 10.8 Å². The molecule has 1 atom stereocenters. The number of benzene rings is 4. The summed E-state index contributed by atoms with van der Waals surface area (Å²) in [5.74, 6) is 2.45. The van der Waals surface area contributed by atoms with Crippen molar-refractivity contribution in [1.82, 2.24) is 5.01 Å². The summed E-state index contributed by atoms with van der Waals surface area (Å²) < 4.78 is 21.8. The smallest absolute Gasteiger partial charge is 0.203 e. The Balaban J connectivity index is 1.53. The van der Waals surface area contributed by atoms with Crippen molar-refractivity contribution in [3.05, 3.63) is 83.9 Å². The zero-order valence-electron chi connectivity index (χ0n) is 22.1. The molecule has 2 N–H and O–H groups in total. The third-order valence-electron chi connectivity index (χ3n) is 6.75. The van der Waals surface area contributed by atoms with Gasteiger partial charge in [-0.25, -0.2) is 5.01 Å². The number of nitrogens with one attached hydrogen (secondary N) is 1. The van der Waals surface area contributed by atoms with E-state index in [1.807, 2.05) is 60.7 Å². The molecule has 4 aromatic carbocycles. The second kappa shape index (κ2) is 11.1. The molecule has 5 rings (SSSR count). The highest BCUT2D eigenvalue weighted by Crippen LogP contribution is 2.41. The number of hydrazone groups is 1. The minimum atomic E-state index is -0.209. The van der Waals surface area contributed by atoms with E-state index in [2.05, 4.69) is 5.32 Å². The van der Waals surface area contributed by atoms with Crippen molar-refractivity contribution < 1.29 is 24.1 Å². The highest BCUT2D eigenvalue weighted by molar-refractivity contribution is 7.80. The van der Waals surface area contributed by atoms with Gasteiger partial charge in [-0.2, -0.15) is 5.10 Å². The van der Waals surface area contributed by atoms with Crippen molar-refractivity contribution in [1.29, 1.82) is 0 Å². The van der Waals surface area contributed by atoms with Gasteiger partial charge < -0.3 is 29.4 Å². The molecule has 0 amide bonds. The van der Waals surface area contributed by atoms with E-state index in [-0.39, 0.29) is 11.8 Å². The van der Waals surface area contributed by atoms with E-state index < -0.39 is 0 Å². The number of phenols is 1. The molecule has 0 bridgehead atoms. The lowest BCUT2D eigenvalue weighted by molar-refractivity contribution is 0.324. The Morgan fingerprint density at radius 3 is 2.23 bits per heavy atom. The topological polar surface area (TPSA) is 84.8 Å². The van der Waals surface area contributed by atoms with Crippen LogP contribution in [0.15, 0.2) is 77.9 Å². The number of rotatable bonds is 7. The molecule has 0 radical (unpaired) electrons. The molecule has 8 nitrogen and oxygen atoms in total. The number of phenolic OH excluding ortho intramolecular Hbond substituents is 1. The lowest BCUT2D eigenvalue weighted by atomic mass is 9.96. The first-order valence-electron chi connectivity index (χ1n) is 12.3. The summed E-state index contributed by atoms with van der Waals surface area (Å²) in [4.78, 5) is 0. The van der Waals surface area contributed by atoms with Crippen LogP contribution in [-0.4, -0.2) is 49.4 Å². The monoisotopic (exact) mass is 543 g/mol. The van der Waals surface area contributed by atoms with Crippen molar-refractivity contribution in [2.75, 3.05) is 33.8 Å². The maximum Gasteiger partial charge on any atom is 0.203 e. The van der Waals surface area contributed by atoms with Gasteiger partial charge in [0.05, 0.1) is 40.2 Å². The maximum atomic E-state index is 11.2. The first kappa shape index (κ1) is 26.1. The molecule has 1 aliphatic heterocycles. The van der Waals surface area contributed by atoms with E-state index in [9.17, 15) is 5.11 Å². The van der Waals surface area contributed by atoms with E-state index in [0.29, 0.717) is 40.0 Å². The summed E-state index contributed by atoms with van der Waals surface area (Å²) in [6.45, 7) is 0. The molecular weight excluding hydrogens is 514 g/mol. The number of thiocarbonyl (C=S) groups is 1. The van der Waals surface area contributed by atoms with Crippen molar-refractivity contribution >= 4 is 39.5 Å². The summed E-state index contributed by atoms with van der Waals surface area (Å²) in [6, 6.07) is 22.8. The van der Waals surface area contributed by atoms with Crippen LogP contribution < -0.4 is 24.3 Å². The van der Waals surface area contributed by atoms with Crippen LogP contribution in [0.5, 0.6) is 28.7 Å². The average Bonchev–Trinajstić information content (AvgIpc) is 3.42. The highest BCUT2D eigenvalue weighted by Gasteiger charge is 2.33. The van der Waals surface area contributed by atoms with Gasteiger partial charge in [0.2, 0.25) is 5.75 Å². The largest absolute Gasteiger partial charge is 0.507 e. The number of nitrogens with zero attached hydrogens (tertiary/aromatic N) is 2. The molecule has 0 spiro atoms. The first-order valence-corrected chi connectivity index (χ1v) is 12.7. The summed E-state index contributed by atoms with van der Waals surface area (Å²) in [6.07, 6.45) is 0.537. The molecule has 1 unspecified atom stereocenters. The average molecular weight is 544 g/mol. The second-order valence-corrected chi connectivity index (χ2v) is 9.30. The van der Waals surface area contributed by atoms with Crippen LogP contribution in [0, 0.1) is 0 Å². The fourth-order valence-electron chi connectivity index (χ4n) is 4.77. The number of anilines is 1. The van der Waals surface area contributed by atoms with Gasteiger partial charge in [-0.15, -0.1) is 0 Å². The summed E-state index contributed by atoms with van der Waals surface area (Å²) in [5.41, 5.74) is 3.06. The van der Waals surface area contributed by atoms with Gasteiger partial charge in [0.25, 0.3) is 0 Å².